The molecule has 1 heterocycles. The molecular formula is C17H24N2O2. The van der Waals surface area contributed by atoms with Crippen molar-refractivity contribution in [1.82, 2.24) is 10.2 Å². The lowest BCUT2D eigenvalue weighted by molar-refractivity contribution is 0.0161. The fourth-order valence-electron chi connectivity index (χ4n) is 3.53. The third kappa shape index (κ3) is 2.42. The zero-order chi connectivity index (χ0) is 15.3. The summed E-state index contributed by atoms with van der Waals surface area (Å²) in [6.07, 6.45) is 0.824. The largest absolute Gasteiger partial charge is 0.444 e. The third-order valence-corrected chi connectivity index (χ3v) is 4.61. The van der Waals surface area contributed by atoms with Crippen molar-refractivity contribution in [3.63, 3.8) is 0 Å². The number of fused-ring (bicyclic) bond motifs is 1. The van der Waals surface area contributed by atoms with Crippen LogP contribution in [0, 0.1) is 5.92 Å². The molecule has 1 aliphatic heterocycles. The van der Waals surface area contributed by atoms with Gasteiger partial charge in [-0.2, -0.15) is 0 Å². The summed E-state index contributed by atoms with van der Waals surface area (Å²) in [6.45, 7) is 6.68. The van der Waals surface area contributed by atoms with Crippen molar-refractivity contribution in [2.45, 2.75) is 44.4 Å². The second kappa shape index (κ2) is 4.73. The molecule has 2 aliphatic rings. The summed E-state index contributed by atoms with van der Waals surface area (Å²) in [6, 6.07) is 10.6. The fraction of sp³-hybridized carbons (Fsp3) is 0.588. The number of hydrogen-bond donors (Lipinski definition) is 1. The zero-order valence-corrected chi connectivity index (χ0v) is 13.2. The van der Waals surface area contributed by atoms with E-state index in [0.29, 0.717) is 5.92 Å². The Balaban J connectivity index is 1.82. The second-order valence-electron chi connectivity index (χ2n) is 7.18. The lowest BCUT2D eigenvalue weighted by Gasteiger charge is -2.34. The van der Waals surface area contributed by atoms with E-state index in [1.165, 1.54) is 5.56 Å². The van der Waals surface area contributed by atoms with Crippen LogP contribution in [0.4, 0.5) is 4.79 Å². The quantitative estimate of drug-likeness (QED) is 0.909. The number of piperidine rings is 1. The van der Waals surface area contributed by atoms with Crippen LogP contribution < -0.4 is 5.32 Å². The molecule has 3 atom stereocenters. The highest BCUT2D eigenvalue weighted by molar-refractivity contribution is 5.70. The maximum absolute atomic E-state index is 12.4. The van der Waals surface area contributed by atoms with Crippen molar-refractivity contribution >= 4 is 6.09 Å². The summed E-state index contributed by atoms with van der Waals surface area (Å²) in [5, 5.41) is 3.56. The second-order valence-corrected chi connectivity index (χ2v) is 7.18. The van der Waals surface area contributed by atoms with Gasteiger partial charge in [0.25, 0.3) is 0 Å². The number of benzene rings is 1. The Labute approximate surface area is 126 Å². The summed E-state index contributed by atoms with van der Waals surface area (Å²) in [5.41, 5.74) is 0.664. The Kier molecular flexibility index (Phi) is 3.24. The number of ether oxygens (including phenoxy) is 1. The first-order valence-electron chi connectivity index (χ1n) is 7.60. The minimum atomic E-state index is -0.458. The van der Waals surface area contributed by atoms with Crippen LogP contribution in [0.1, 0.15) is 38.8 Å². The first kappa shape index (κ1) is 14.4. The minimum Gasteiger partial charge on any atom is -0.444 e. The van der Waals surface area contributed by atoms with Crippen LogP contribution in [0.5, 0.6) is 0 Å². The van der Waals surface area contributed by atoms with Gasteiger partial charge >= 0.3 is 6.09 Å². The van der Waals surface area contributed by atoms with Crippen molar-refractivity contribution in [2.24, 2.45) is 5.92 Å². The molecule has 4 nitrogen and oxygen atoms in total. The normalized spacial score (nSPS) is 30.7. The van der Waals surface area contributed by atoms with Crippen molar-refractivity contribution in [3.8, 4) is 0 Å². The zero-order valence-electron chi connectivity index (χ0n) is 13.2. The van der Waals surface area contributed by atoms with Gasteiger partial charge in [-0.1, -0.05) is 30.3 Å². The van der Waals surface area contributed by atoms with Crippen molar-refractivity contribution in [2.75, 3.05) is 13.6 Å². The Morgan fingerprint density at radius 3 is 2.57 bits per heavy atom. The van der Waals surface area contributed by atoms with E-state index in [1.807, 2.05) is 50.9 Å². The molecule has 0 bridgehead atoms. The van der Waals surface area contributed by atoms with E-state index in [0.717, 1.165) is 13.0 Å². The van der Waals surface area contributed by atoms with E-state index < -0.39 is 5.60 Å². The maximum atomic E-state index is 12.4. The molecule has 0 radical (unpaired) electrons. The smallest absolute Gasteiger partial charge is 0.410 e. The number of likely N-dealkylation sites (N-methyl/N-ethyl adjacent to an activating group) is 1. The Morgan fingerprint density at radius 2 is 2.00 bits per heavy atom. The molecule has 1 saturated carbocycles. The minimum absolute atomic E-state index is 0.121. The molecule has 21 heavy (non-hydrogen) atoms. The average Bonchev–Trinajstić information content (AvgIpc) is 3.03. The monoisotopic (exact) mass is 288 g/mol. The van der Waals surface area contributed by atoms with Crippen LogP contribution in [0.3, 0.4) is 0 Å². The van der Waals surface area contributed by atoms with E-state index in [-0.39, 0.29) is 17.7 Å². The summed E-state index contributed by atoms with van der Waals surface area (Å²) in [4.78, 5) is 14.3. The lowest BCUT2D eigenvalue weighted by Crippen LogP contribution is -2.47. The standard InChI is InChI=1S/C17H24N2O2/c1-16(2,3)21-15(20)19(4)17-10-13(17)11-18-14(17)12-8-6-5-7-9-12/h5-9,13-14,18H,10-11H2,1-4H3/t13-,14-,17+/m0/s1. The Bertz CT molecular complexity index is 537. The summed E-state index contributed by atoms with van der Waals surface area (Å²) in [5.74, 6) is 0.528. The molecule has 4 heteroatoms. The molecule has 1 aromatic rings. The van der Waals surface area contributed by atoms with Gasteiger partial charge in [-0.05, 0) is 38.7 Å². The molecule has 1 amide bonds. The van der Waals surface area contributed by atoms with Crippen LogP contribution in [0.15, 0.2) is 30.3 Å². The van der Waals surface area contributed by atoms with Gasteiger partial charge in [0.15, 0.2) is 0 Å². The van der Waals surface area contributed by atoms with E-state index in [4.69, 9.17) is 4.74 Å². The number of rotatable bonds is 2. The van der Waals surface area contributed by atoms with Crippen LogP contribution in [0.2, 0.25) is 0 Å². The molecular weight excluding hydrogens is 264 g/mol. The van der Waals surface area contributed by atoms with Crippen molar-refractivity contribution in [3.05, 3.63) is 35.9 Å². The molecule has 0 unspecified atom stereocenters. The van der Waals surface area contributed by atoms with E-state index in [2.05, 4.69) is 17.4 Å². The number of carbonyl (C=O) groups excluding carboxylic acids is 1. The van der Waals surface area contributed by atoms with E-state index in [9.17, 15) is 4.79 Å². The molecule has 1 aliphatic carbocycles. The lowest BCUT2D eigenvalue weighted by atomic mass is 9.97. The summed E-state index contributed by atoms with van der Waals surface area (Å²) >= 11 is 0. The summed E-state index contributed by atoms with van der Waals surface area (Å²) in [7, 11) is 1.87. The van der Waals surface area contributed by atoms with Gasteiger partial charge in [-0.15, -0.1) is 0 Å². The Hall–Kier alpha value is -1.55. The molecule has 1 saturated heterocycles. The van der Waals surface area contributed by atoms with Crippen LogP contribution >= 0.6 is 0 Å². The first-order chi connectivity index (χ1) is 9.84. The van der Waals surface area contributed by atoms with Gasteiger partial charge in [-0.25, -0.2) is 4.79 Å². The molecule has 1 aromatic carbocycles. The van der Waals surface area contributed by atoms with Crippen LogP contribution in [-0.4, -0.2) is 35.7 Å². The molecule has 2 fully saturated rings. The SMILES string of the molecule is CN(C(=O)OC(C)(C)C)[C@]12C[C@H]1CN[C@H]2c1ccccc1. The predicted octanol–water partition coefficient (Wildman–Crippen LogP) is 2.96. The van der Waals surface area contributed by atoms with Gasteiger partial charge < -0.3 is 15.0 Å². The van der Waals surface area contributed by atoms with Crippen molar-refractivity contribution < 1.29 is 9.53 Å². The van der Waals surface area contributed by atoms with E-state index in [1.54, 1.807) is 0 Å². The molecule has 1 N–H and O–H groups in total. The number of amides is 1. The average molecular weight is 288 g/mol. The molecule has 3 rings (SSSR count). The molecule has 114 valence electrons. The fourth-order valence-corrected chi connectivity index (χ4v) is 3.53. The van der Waals surface area contributed by atoms with Gasteiger partial charge in [0, 0.05) is 13.6 Å². The number of nitrogens with one attached hydrogen (secondary N) is 1. The third-order valence-electron chi connectivity index (χ3n) is 4.61. The van der Waals surface area contributed by atoms with Gasteiger partial charge in [-0.3, -0.25) is 0 Å². The highest BCUT2D eigenvalue weighted by Crippen LogP contribution is 2.59. The predicted molar refractivity (Wildman–Crippen MR) is 82.0 cm³/mol. The first-order valence-corrected chi connectivity index (χ1v) is 7.60. The number of carbonyl (C=O) groups is 1. The number of nitrogens with zero attached hydrogens (tertiary/aromatic N) is 1. The molecule has 0 aromatic heterocycles. The molecule has 0 spiro atoms. The van der Waals surface area contributed by atoms with Gasteiger partial charge in [0.05, 0.1) is 11.6 Å². The summed E-state index contributed by atoms with van der Waals surface area (Å²) < 4.78 is 5.55. The van der Waals surface area contributed by atoms with Crippen LogP contribution in [0.25, 0.3) is 0 Å². The van der Waals surface area contributed by atoms with Gasteiger partial charge in [0.2, 0.25) is 0 Å². The topological polar surface area (TPSA) is 41.6 Å². The highest BCUT2D eigenvalue weighted by Gasteiger charge is 2.67. The number of hydrogen-bond acceptors (Lipinski definition) is 3. The van der Waals surface area contributed by atoms with Crippen molar-refractivity contribution in [1.29, 1.82) is 0 Å². The Morgan fingerprint density at radius 1 is 1.33 bits per heavy atom. The van der Waals surface area contributed by atoms with Gasteiger partial charge in [0.1, 0.15) is 5.60 Å². The maximum Gasteiger partial charge on any atom is 0.410 e. The van der Waals surface area contributed by atoms with Crippen LogP contribution in [-0.2, 0) is 4.74 Å². The highest BCUT2D eigenvalue weighted by atomic mass is 16.6. The van der Waals surface area contributed by atoms with E-state index >= 15 is 0 Å².